The van der Waals surface area contributed by atoms with Gasteiger partial charge in [0, 0.05) is 18.1 Å². The lowest BCUT2D eigenvalue weighted by Gasteiger charge is -2.35. The number of piperidine rings is 1. The van der Waals surface area contributed by atoms with Gasteiger partial charge in [0.1, 0.15) is 11.5 Å². The van der Waals surface area contributed by atoms with Crippen molar-refractivity contribution < 1.29 is 9.52 Å². The molecular weight excluding hydrogens is 354 g/mol. The predicted octanol–water partition coefficient (Wildman–Crippen LogP) is 3.47. The maximum atomic E-state index is 13.5. The van der Waals surface area contributed by atoms with E-state index in [-0.39, 0.29) is 17.4 Å². The SMILES string of the molecule is Cc1cc(O)c(C(c2cccnc2)N2CCCCC2)c(=O)n1Cc1ccco1. The first-order valence-electron chi connectivity index (χ1n) is 9.75. The highest BCUT2D eigenvalue weighted by molar-refractivity contribution is 5.40. The molecule has 0 amide bonds. The minimum Gasteiger partial charge on any atom is -0.507 e. The van der Waals surface area contributed by atoms with E-state index in [0.29, 0.717) is 23.6 Å². The predicted molar refractivity (Wildman–Crippen MR) is 106 cm³/mol. The van der Waals surface area contributed by atoms with Gasteiger partial charge in [-0.05, 0) is 62.7 Å². The van der Waals surface area contributed by atoms with Gasteiger partial charge >= 0.3 is 0 Å². The maximum Gasteiger partial charge on any atom is 0.260 e. The van der Waals surface area contributed by atoms with Crippen LogP contribution >= 0.6 is 0 Å². The standard InChI is InChI=1S/C22H25N3O3/c1-16-13-19(26)20(22(27)25(16)15-18-8-6-12-28-18)21(17-7-5-9-23-14-17)24-10-3-2-4-11-24/h5-9,12-14,21,26H,2-4,10-11,15H2,1H3. The van der Waals surface area contributed by atoms with Crippen molar-refractivity contribution in [3.8, 4) is 5.75 Å². The molecule has 4 rings (SSSR count). The van der Waals surface area contributed by atoms with Gasteiger partial charge in [-0.1, -0.05) is 12.5 Å². The lowest BCUT2D eigenvalue weighted by atomic mass is 9.96. The minimum atomic E-state index is -0.315. The molecule has 1 N–H and O–H groups in total. The zero-order valence-corrected chi connectivity index (χ0v) is 16.0. The van der Waals surface area contributed by atoms with Gasteiger partial charge in [0.2, 0.25) is 0 Å². The molecule has 1 aliphatic rings. The lowest BCUT2D eigenvalue weighted by molar-refractivity contribution is 0.183. The van der Waals surface area contributed by atoms with Crippen molar-refractivity contribution in [2.45, 2.75) is 38.8 Å². The summed E-state index contributed by atoms with van der Waals surface area (Å²) in [5.41, 5.74) is 1.84. The summed E-state index contributed by atoms with van der Waals surface area (Å²) >= 11 is 0. The van der Waals surface area contributed by atoms with Crippen LogP contribution in [0.4, 0.5) is 0 Å². The average molecular weight is 379 g/mol. The van der Waals surface area contributed by atoms with Gasteiger partial charge in [0.05, 0.1) is 24.4 Å². The Morgan fingerprint density at radius 2 is 2.04 bits per heavy atom. The molecule has 146 valence electrons. The van der Waals surface area contributed by atoms with Crippen LogP contribution in [0.15, 0.2) is 58.2 Å². The summed E-state index contributed by atoms with van der Waals surface area (Å²) in [6.45, 7) is 3.95. The molecule has 0 aromatic carbocycles. The highest BCUT2D eigenvalue weighted by Gasteiger charge is 2.30. The second kappa shape index (κ2) is 8.02. The van der Waals surface area contributed by atoms with Crippen LogP contribution in [0.25, 0.3) is 0 Å². The molecule has 0 saturated carbocycles. The summed E-state index contributed by atoms with van der Waals surface area (Å²) in [7, 11) is 0. The average Bonchev–Trinajstić information content (AvgIpc) is 3.23. The largest absolute Gasteiger partial charge is 0.507 e. The van der Waals surface area contributed by atoms with Crippen molar-refractivity contribution >= 4 is 0 Å². The Kier molecular flexibility index (Phi) is 5.30. The summed E-state index contributed by atoms with van der Waals surface area (Å²) in [5, 5.41) is 10.8. The van der Waals surface area contributed by atoms with Gasteiger partial charge in [-0.15, -0.1) is 0 Å². The van der Waals surface area contributed by atoms with E-state index in [2.05, 4.69) is 9.88 Å². The fourth-order valence-corrected chi connectivity index (χ4v) is 4.05. The highest BCUT2D eigenvalue weighted by Crippen LogP contribution is 2.34. The number of hydrogen-bond acceptors (Lipinski definition) is 5. The molecule has 0 bridgehead atoms. The molecule has 6 nitrogen and oxygen atoms in total. The number of aryl methyl sites for hydroxylation is 1. The quantitative estimate of drug-likeness (QED) is 0.735. The Balaban J connectivity index is 1.84. The Morgan fingerprint density at radius 1 is 1.21 bits per heavy atom. The van der Waals surface area contributed by atoms with Crippen LogP contribution in [0.1, 0.15) is 47.9 Å². The Bertz CT molecular complexity index is 974. The molecule has 1 saturated heterocycles. The second-order valence-electron chi connectivity index (χ2n) is 7.34. The van der Waals surface area contributed by atoms with Crippen LogP contribution in [0, 0.1) is 6.92 Å². The molecule has 1 fully saturated rings. The molecule has 0 spiro atoms. The highest BCUT2D eigenvalue weighted by atomic mass is 16.3. The Hall–Kier alpha value is -2.86. The van der Waals surface area contributed by atoms with E-state index in [4.69, 9.17) is 4.42 Å². The van der Waals surface area contributed by atoms with Gasteiger partial charge in [-0.3, -0.25) is 14.7 Å². The third-order valence-corrected chi connectivity index (χ3v) is 5.45. The zero-order chi connectivity index (χ0) is 19.5. The third kappa shape index (κ3) is 3.60. The zero-order valence-electron chi connectivity index (χ0n) is 16.0. The Labute approximate surface area is 164 Å². The number of aromatic hydroxyl groups is 1. The van der Waals surface area contributed by atoms with Crippen LogP contribution in [0.5, 0.6) is 5.75 Å². The number of rotatable bonds is 5. The van der Waals surface area contributed by atoms with E-state index in [1.165, 1.54) is 6.42 Å². The van der Waals surface area contributed by atoms with Crippen LogP contribution in [0.2, 0.25) is 0 Å². The van der Waals surface area contributed by atoms with Crippen LogP contribution < -0.4 is 5.56 Å². The Morgan fingerprint density at radius 3 is 2.71 bits per heavy atom. The van der Waals surface area contributed by atoms with Crippen molar-refractivity contribution in [3.05, 3.63) is 81.9 Å². The van der Waals surface area contributed by atoms with Gasteiger partial charge in [0.15, 0.2) is 0 Å². The maximum absolute atomic E-state index is 13.5. The summed E-state index contributed by atoms with van der Waals surface area (Å²) in [6.07, 6.45) is 8.48. The molecule has 1 unspecified atom stereocenters. The second-order valence-corrected chi connectivity index (χ2v) is 7.34. The molecule has 1 aliphatic heterocycles. The van der Waals surface area contributed by atoms with Crippen molar-refractivity contribution in [3.63, 3.8) is 0 Å². The van der Waals surface area contributed by atoms with Crippen LogP contribution in [-0.4, -0.2) is 32.6 Å². The van der Waals surface area contributed by atoms with Gasteiger partial charge in [0.25, 0.3) is 5.56 Å². The molecule has 4 heterocycles. The van der Waals surface area contributed by atoms with Crippen LogP contribution in [-0.2, 0) is 6.54 Å². The fraction of sp³-hybridized carbons (Fsp3) is 0.364. The number of nitrogens with zero attached hydrogens (tertiary/aromatic N) is 3. The minimum absolute atomic E-state index is 0.0395. The molecule has 3 aromatic heterocycles. The fourth-order valence-electron chi connectivity index (χ4n) is 4.05. The lowest BCUT2D eigenvalue weighted by Crippen LogP contribution is -2.38. The molecule has 3 aromatic rings. The molecule has 28 heavy (non-hydrogen) atoms. The van der Waals surface area contributed by atoms with Gasteiger partial charge in [-0.2, -0.15) is 0 Å². The summed E-state index contributed by atoms with van der Waals surface area (Å²) < 4.78 is 7.10. The van der Waals surface area contributed by atoms with E-state index in [9.17, 15) is 9.90 Å². The van der Waals surface area contributed by atoms with Crippen molar-refractivity contribution in [2.24, 2.45) is 0 Å². The van der Waals surface area contributed by atoms with E-state index in [1.807, 2.05) is 31.2 Å². The smallest absolute Gasteiger partial charge is 0.260 e. The molecule has 0 aliphatic carbocycles. The number of hydrogen-bond donors (Lipinski definition) is 1. The number of pyridine rings is 2. The first-order chi connectivity index (χ1) is 13.6. The third-order valence-electron chi connectivity index (χ3n) is 5.45. The topological polar surface area (TPSA) is 71.5 Å². The van der Waals surface area contributed by atoms with Crippen molar-refractivity contribution in [1.29, 1.82) is 0 Å². The van der Waals surface area contributed by atoms with E-state index >= 15 is 0 Å². The summed E-state index contributed by atoms with van der Waals surface area (Å²) in [6, 6.07) is 8.86. The van der Waals surface area contributed by atoms with Crippen LogP contribution in [0.3, 0.4) is 0 Å². The van der Waals surface area contributed by atoms with Crippen molar-refractivity contribution in [2.75, 3.05) is 13.1 Å². The number of likely N-dealkylation sites (tertiary alicyclic amines) is 1. The van der Waals surface area contributed by atoms with E-state index < -0.39 is 0 Å². The van der Waals surface area contributed by atoms with Crippen molar-refractivity contribution in [1.82, 2.24) is 14.5 Å². The first kappa shape index (κ1) is 18.5. The van der Waals surface area contributed by atoms with Gasteiger partial charge in [-0.25, -0.2) is 0 Å². The van der Waals surface area contributed by atoms with E-state index in [0.717, 1.165) is 31.5 Å². The molecular formula is C22H25N3O3. The number of aromatic nitrogens is 2. The molecule has 6 heteroatoms. The molecule has 0 radical (unpaired) electrons. The van der Waals surface area contributed by atoms with Gasteiger partial charge < -0.3 is 14.1 Å². The first-order valence-corrected chi connectivity index (χ1v) is 9.75. The normalized spacial score (nSPS) is 16.2. The number of furan rings is 1. The summed E-state index contributed by atoms with van der Waals surface area (Å²) in [4.78, 5) is 20.0. The van der Waals surface area contributed by atoms with E-state index in [1.54, 1.807) is 29.3 Å². The summed E-state index contributed by atoms with van der Waals surface area (Å²) in [5.74, 6) is 0.746. The molecule has 1 atom stereocenters. The monoisotopic (exact) mass is 379 g/mol.